The molecule has 1 amide bonds. The molecule has 1 aromatic carbocycles. The number of carbonyl (C=O) groups is 2. The smallest absolute Gasteiger partial charge is 0.343 e. The molecular formula is C20H12FN3O5S3. The summed E-state index contributed by atoms with van der Waals surface area (Å²) in [5.74, 6) is -1.44. The minimum atomic E-state index is -0.870. The average Bonchev–Trinajstić information content (AvgIpc) is 3.46. The quantitative estimate of drug-likeness (QED) is 0.230. The molecule has 32 heavy (non-hydrogen) atoms. The van der Waals surface area contributed by atoms with E-state index in [1.165, 1.54) is 58.7 Å². The largest absolute Gasteiger partial charge is 0.464 e. The lowest BCUT2D eigenvalue weighted by Crippen LogP contribution is -2.14. The van der Waals surface area contributed by atoms with Gasteiger partial charge in [0, 0.05) is 6.07 Å². The van der Waals surface area contributed by atoms with Crippen LogP contribution >= 0.6 is 34.4 Å². The van der Waals surface area contributed by atoms with E-state index in [0.717, 1.165) is 12.3 Å². The Balaban J connectivity index is 1.34. The summed E-state index contributed by atoms with van der Waals surface area (Å²) in [6, 6.07) is 9.62. The van der Waals surface area contributed by atoms with Crippen LogP contribution < -0.4 is 15.5 Å². The van der Waals surface area contributed by atoms with Crippen LogP contribution in [0.4, 0.5) is 9.52 Å². The van der Waals surface area contributed by atoms with Gasteiger partial charge >= 0.3 is 5.97 Å². The van der Waals surface area contributed by atoms with Gasteiger partial charge in [-0.05, 0) is 29.6 Å². The van der Waals surface area contributed by atoms with Crippen molar-refractivity contribution in [3.63, 3.8) is 0 Å². The summed E-state index contributed by atoms with van der Waals surface area (Å²) in [4.78, 5) is 36.9. The van der Waals surface area contributed by atoms with E-state index in [4.69, 9.17) is 9.15 Å². The van der Waals surface area contributed by atoms with Gasteiger partial charge in [0.2, 0.25) is 16.3 Å². The number of amides is 1. The number of rotatable bonds is 7. The molecule has 8 nitrogen and oxygen atoms in total. The third-order valence-electron chi connectivity index (χ3n) is 3.83. The van der Waals surface area contributed by atoms with Crippen LogP contribution in [0.25, 0.3) is 0 Å². The van der Waals surface area contributed by atoms with E-state index in [1.54, 1.807) is 17.5 Å². The maximum atomic E-state index is 13.2. The maximum absolute atomic E-state index is 13.2. The highest BCUT2D eigenvalue weighted by Gasteiger charge is 2.15. The van der Waals surface area contributed by atoms with Crippen LogP contribution in [0, 0.1) is 5.82 Å². The lowest BCUT2D eigenvalue weighted by atomic mass is 10.2. The van der Waals surface area contributed by atoms with Gasteiger partial charge in [-0.15, -0.1) is 21.5 Å². The highest BCUT2D eigenvalue weighted by atomic mass is 32.2. The Morgan fingerprint density at radius 3 is 2.81 bits per heavy atom. The van der Waals surface area contributed by atoms with Crippen LogP contribution in [0.2, 0.25) is 0 Å². The summed E-state index contributed by atoms with van der Waals surface area (Å²) in [6.07, 6.45) is 1.03. The van der Waals surface area contributed by atoms with Gasteiger partial charge in [0.1, 0.15) is 17.8 Å². The molecule has 0 spiro atoms. The Bertz CT molecular complexity index is 1320. The molecule has 0 radical (unpaired) electrons. The second-order valence-electron chi connectivity index (χ2n) is 6.07. The minimum absolute atomic E-state index is 0.0257. The zero-order chi connectivity index (χ0) is 22.5. The molecule has 0 aliphatic heterocycles. The van der Waals surface area contributed by atoms with E-state index < -0.39 is 17.2 Å². The van der Waals surface area contributed by atoms with Crippen molar-refractivity contribution in [2.75, 3.05) is 5.32 Å². The number of carbonyl (C=O) groups excluding carboxylic acids is 2. The van der Waals surface area contributed by atoms with Crippen molar-refractivity contribution >= 4 is 51.4 Å². The molecule has 0 aliphatic carbocycles. The fourth-order valence-electron chi connectivity index (χ4n) is 2.38. The minimum Gasteiger partial charge on any atom is -0.464 e. The van der Waals surface area contributed by atoms with Crippen molar-refractivity contribution in [1.82, 2.24) is 10.2 Å². The first kappa shape index (κ1) is 21.9. The predicted octanol–water partition coefficient (Wildman–Crippen LogP) is 4.46. The van der Waals surface area contributed by atoms with Crippen molar-refractivity contribution in [2.24, 2.45) is 0 Å². The Morgan fingerprint density at radius 2 is 2.06 bits per heavy atom. The van der Waals surface area contributed by atoms with Crippen LogP contribution in [0.1, 0.15) is 25.8 Å². The SMILES string of the molecule is O=C(Oc1coc(CSc2nnc(NC(=O)c3cccs3)s2)cc1=O)c1cccc(F)c1. The molecule has 0 bridgehead atoms. The van der Waals surface area contributed by atoms with E-state index in [9.17, 15) is 18.8 Å². The van der Waals surface area contributed by atoms with Gasteiger partial charge in [-0.3, -0.25) is 14.9 Å². The Morgan fingerprint density at radius 1 is 1.19 bits per heavy atom. The number of anilines is 1. The molecule has 0 saturated heterocycles. The Kier molecular flexibility index (Phi) is 6.73. The Hall–Kier alpha value is -3.35. The Labute approximate surface area is 192 Å². The molecule has 0 atom stereocenters. The number of aromatic nitrogens is 2. The standard InChI is InChI=1S/C20H12FN3O5S3/c21-12-4-1-3-11(7-12)18(27)29-15-9-28-13(8-14(15)25)10-31-20-24-23-19(32-20)22-17(26)16-5-2-6-30-16/h1-9H,10H2,(H,22,23,26). The van der Waals surface area contributed by atoms with Crippen LogP contribution in [-0.4, -0.2) is 22.1 Å². The van der Waals surface area contributed by atoms with Gasteiger partial charge < -0.3 is 9.15 Å². The van der Waals surface area contributed by atoms with Crippen molar-refractivity contribution < 1.29 is 23.1 Å². The first-order chi connectivity index (χ1) is 15.5. The number of nitrogens with one attached hydrogen (secondary N) is 1. The van der Waals surface area contributed by atoms with Crippen LogP contribution in [0.5, 0.6) is 5.75 Å². The van der Waals surface area contributed by atoms with Crippen LogP contribution in [0.3, 0.4) is 0 Å². The van der Waals surface area contributed by atoms with Gasteiger partial charge in [-0.25, -0.2) is 9.18 Å². The lowest BCUT2D eigenvalue weighted by Gasteiger charge is -2.04. The number of halogens is 1. The normalized spacial score (nSPS) is 10.7. The third kappa shape index (κ3) is 5.46. The summed E-state index contributed by atoms with van der Waals surface area (Å²) in [5.41, 5.74) is -0.583. The summed E-state index contributed by atoms with van der Waals surface area (Å²) in [7, 11) is 0. The molecule has 3 heterocycles. The number of esters is 1. The van der Waals surface area contributed by atoms with Crippen molar-refractivity contribution in [2.45, 2.75) is 10.1 Å². The monoisotopic (exact) mass is 489 g/mol. The topological polar surface area (TPSA) is 111 Å². The molecule has 4 aromatic rings. The number of hydrogen-bond donors (Lipinski definition) is 1. The molecule has 4 rings (SSSR count). The fraction of sp³-hybridized carbons (Fsp3) is 0.0500. The second-order valence-corrected chi connectivity index (χ2v) is 9.22. The summed E-state index contributed by atoms with van der Waals surface area (Å²) >= 11 is 3.77. The third-order valence-corrected chi connectivity index (χ3v) is 6.69. The number of thioether (sulfide) groups is 1. The maximum Gasteiger partial charge on any atom is 0.343 e. The van der Waals surface area contributed by atoms with E-state index in [2.05, 4.69) is 15.5 Å². The average molecular weight is 490 g/mol. The van der Waals surface area contributed by atoms with Crippen LogP contribution in [0.15, 0.2) is 67.7 Å². The molecule has 12 heteroatoms. The number of nitrogens with zero attached hydrogens (tertiary/aromatic N) is 2. The van der Waals surface area contributed by atoms with Crippen molar-refractivity contribution in [3.05, 3.63) is 86.3 Å². The van der Waals surface area contributed by atoms with E-state index in [1.807, 2.05) is 0 Å². The fourth-order valence-corrected chi connectivity index (χ4v) is 4.64. The van der Waals surface area contributed by atoms with Gasteiger partial charge in [-0.1, -0.05) is 35.2 Å². The highest BCUT2D eigenvalue weighted by Crippen LogP contribution is 2.28. The zero-order valence-corrected chi connectivity index (χ0v) is 18.4. The predicted molar refractivity (Wildman–Crippen MR) is 118 cm³/mol. The van der Waals surface area contributed by atoms with E-state index in [-0.39, 0.29) is 23.0 Å². The van der Waals surface area contributed by atoms with Crippen molar-refractivity contribution in [3.8, 4) is 5.75 Å². The number of thiophene rings is 1. The van der Waals surface area contributed by atoms with Gasteiger partial charge in [0.15, 0.2) is 4.34 Å². The van der Waals surface area contributed by atoms with Gasteiger partial charge in [-0.2, -0.15) is 0 Å². The first-order valence-electron chi connectivity index (χ1n) is 8.88. The molecule has 0 unspecified atom stereocenters. The number of hydrogen-bond acceptors (Lipinski definition) is 10. The molecule has 162 valence electrons. The van der Waals surface area contributed by atoms with E-state index >= 15 is 0 Å². The van der Waals surface area contributed by atoms with Crippen molar-refractivity contribution in [1.29, 1.82) is 0 Å². The molecule has 3 aromatic heterocycles. The molecular weight excluding hydrogens is 477 g/mol. The van der Waals surface area contributed by atoms with Gasteiger partial charge in [0.25, 0.3) is 5.91 Å². The van der Waals surface area contributed by atoms with Crippen LogP contribution in [-0.2, 0) is 5.75 Å². The highest BCUT2D eigenvalue weighted by molar-refractivity contribution is 8.00. The van der Waals surface area contributed by atoms with Gasteiger partial charge in [0.05, 0.1) is 16.2 Å². The summed E-state index contributed by atoms with van der Waals surface area (Å²) in [5, 5.41) is 12.7. The summed E-state index contributed by atoms with van der Waals surface area (Å²) in [6.45, 7) is 0. The first-order valence-corrected chi connectivity index (χ1v) is 11.6. The molecule has 0 aliphatic rings. The number of ether oxygens (including phenoxy) is 1. The molecule has 0 fully saturated rings. The zero-order valence-electron chi connectivity index (χ0n) is 15.9. The molecule has 1 N–H and O–H groups in total. The summed E-state index contributed by atoms with van der Waals surface area (Å²) < 4.78 is 24.2. The lowest BCUT2D eigenvalue weighted by molar-refractivity contribution is 0.0728. The second kappa shape index (κ2) is 9.85. The number of benzene rings is 1. The van der Waals surface area contributed by atoms with E-state index in [0.29, 0.717) is 20.1 Å². The molecule has 0 saturated carbocycles.